The maximum absolute atomic E-state index is 11.6. The van der Waals surface area contributed by atoms with Crippen LogP contribution in [-0.2, 0) is 17.9 Å². The third-order valence-corrected chi connectivity index (χ3v) is 2.47. The molecule has 0 fully saturated rings. The van der Waals surface area contributed by atoms with Crippen LogP contribution in [0.2, 0.25) is 0 Å². The first kappa shape index (κ1) is 12.2. The Bertz CT molecular complexity index is 538. The second kappa shape index (κ2) is 4.91. The normalized spacial score (nSPS) is 10.6. The zero-order chi connectivity index (χ0) is 13.1. The Kier molecular flexibility index (Phi) is 3.31. The zero-order valence-corrected chi connectivity index (χ0v) is 10.3. The highest BCUT2D eigenvalue weighted by Gasteiger charge is 2.08. The van der Waals surface area contributed by atoms with Crippen molar-refractivity contribution >= 4 is 11.6 Å². The number of anilines is 1. The lowest BCUT2D eigenvalue weighted by Crippen LogP contribution is -2.27. The molecule has 1 amide bonds. The van der Waals surface area contributed by atoms with Gasteiger partial charge >= 0.3 is 0 Å². The number of nitrogen functional groups attached to an aromatic ring is 1. The van der Waals surface area contributed by atoms with E-state index in [0.29, 0.717) is 11.6 Å². The second-order valence-corrected chi connectivity index (χ2v) is 4.00. The number of aromatic nitrogens is 3. The lowest BCUT2D eigenvalue weighted by molar-refractivity contribution is -0.122. The van der Waals surface area contributed by atoms with E-state index in [9.17, 15) is 4.79 Å². The molecule has 3 N–H and O–H groups in total. The van der Waals surface area contributed by atoms with Gasteiger partial charge in [-0.25, -0.2) is 4.98 Å². The van der Waals surface area contributed by atoms with Crippen LogP contribution in [0.25, 0.3) is 0 Å². The van der Waals surface area contributed by atoms with Gasteiger partial charge in [-0.1, -0.05) is 0 Å². The number of nitrogens with one attached hydrogen (secondary N) is 1. The van der Waals surface area contributed by atoms with Gasteiger partial charge < -0.3 is 15.5 Å². The van der Waals surface area contributed by atoms with Crippen LogP contribution in [0.5, 0.6) is 0 Å². The van der Waals surface area contributed by atoms with Crippen LogP contribution >= 0.6 is 0 Å². The monoisotopic (exact) mass is 249 g/mol. The van der Waals surface area contributed by atoms with Gasteiger partial charge in [0.1, 0.15) is 12.3 Å². The van der Waals surface area contributed by atoms with Gasteiger partial charge in [0.05, 0.1) is 24.1 Å². The number of carbonyl (C=O) groups is 1. The van der Waals surface area contributed by atoms with Gasteiger partial charge in [0, 0.05) is 6.20 Å². The molecule has 2 aromatic heterocycles. The smallest absolute Gasteiger partial charge is 0.242 e. The molecule has 96 valence electrons. The van der Waals surface area contributed by atoms with Crippen molar-refractivity contribution < 1.29 is 9.21 Å². The molecule has 0 aromatic carbocycles. The van der Waals surface area contributed by atoms with Crippen molar-refractivity contribution in [2.75, 3.05) is 5.73 Å². The summed E-state index contributed by atoms with van der Waals surface area (Å²) in [4.78, 5) is 15.8. The van der Waals surface area contributed by atoms with Crippen molar-refractivity contribution in [1.82, 2.24) is 20.1 Å². The van der Waals surface area contributed by atoms with Crippen LogP contribution in [-0.4, -0.2) is 20.7 Å². The number of rotatable bonds is 4. The third-order valence-electron chi connectivity index (χ3n) is 2.47. The molecule has 7 nitrogen and oxygen atoms in total. The quantitative estimate of drug-likeness (QED) is 0.816. The van der Waals surface area contributed by atoms with E-state index in [-0.39, 0.29) is 19.0 Å². The molecule has 0 bridgehead atoms. The van der Waals surface area contributed by atoms with Crippen molar-refractivity contribution in [1.29, 1.82) is 0 Å². The first-order valence-electron chi connectivity index (χ1n) is 5.52. The van der Waals surface area contributed by atoms with Crippen LogP contribution in [0.4, 0.5) is 5.69 Å². The molecule has 0 spiro atoms. The van der Waals surface area contributed by atoms with E-state index < -0.39 is 0 Å². The van der Waals surface area contributed by atoms with Crippen molar-refractivity contribution in [2.45, 2.75) is 26.9 Å². The fourth-order valence-electron chi connectivity index (χ4n) is 1.46. The lowest BCUT2D eigenvalue weighted by atomic mass is 10.4. The molecule has 0 saturated carbocycles. The van der Waals surface area contributed by atoms with Crippen LogP contribution in [0.3, 0.4) is 0 Å². The topological polar surface area (TPSA) is 99.0 Å². The van der Waals surface area contributed by atoms with E-state index in [0.717, 1.165) is 11.5 Å². The summed E-state index contributed by atoms with van der Waals surface area (Å²) in [6.45, 7) is 4.08. The van der Waals surface area contributed by atoms with Gasteiger partial charge in [-0.2, -0.15) is 5.10 Å². The first-order valence-corrected chi connectivity index (χ1v) is 5.52. The molecular formula is C11H15N5O2. The summed E-state index contributed by atoms with van der Waals surface area (Å²) in [6.07, 6.45) is 3.09. The molecule has 2 heterocycles. The minimum Gasteiger partial charge on any atom is -0.444 e. The summed E-state index contributed by atoms with van der Waals surface area (Å²) in [7, 11) is 0. The molecular weight excluding hydrogens is 234 g/mol. The van der Waals surface area contributed by atoms with Gasteiger partial charge in [0.25, 0.3) is 0 Å². The Morgan fingerprint density at radius 1 is 1.56 bits per heavy atom. The van der Waals surface area contributed by atoms with E-state index in [2.05, 4.69) is 15.4 Å². The maximum atomic E-state index is 11.6. The molecule has 0 aliphatic carbocycles. The van der Waals surface area contributed by atoms with Crippen LogP contribution in [0.15, 0.2) is 16.8 Å². The van der Waals surface area contributed by atoms with E-state index in [4.69, 9.17) is 10.2 Å². The van der Waals surface area contributed by atoms with E-state index in [1.165, 1.54) is 10.9 Å². The molecule has 0 atom stereocenters. The van der Waals surface area contributed by atoms with Crippen molar-refractivity contribution in [2.24, 2.45) is 0 Å². The largest absolute Gasteiger partial charge is 0.444 e. The minimum absolute atomic E-state index is 0.121. The number of amides is 1. The molecule has 0 aliphatic rings. The Hall–Kier alpha value is -2.31. The van der Waals surface area contributed by atoms with Crippen LogP contribution in [0.1, 0.15) is 17.3 Å². The molecule has 2 rings (SSSR count). The number of oxazole rings is 1. The Morgan fingerprint density at radius 2 is 2.33 bits per heavy atom. The summed E-state index contributed by atoms with van der Waals surface area (Å²) in [5.74, 6) is 1.09. The number of hydrogen-bond donors (Lipinski definition) is 2. The summed E-state index contributed by atoms with van der Waals surface area (Å²) in [5, 5.41) is 6.62. The number of carbonyl (C=O) groups excluding carboxylic acids is 1. The van der Waals surface area contributed by atoms with E-state index in [1.807, 2.05) is 13.8 Å². The molecule has 0 aliphatic heterocycles. The second-order valence-electron chi connectivity index (χ2n) is 4.00. The highest BCUT2D eigenvalue weighted by molar-refractivity contribution is 5.75. The molecule has 0 unspecified atom stereocenters. The molecule has 0 radical (unpaired) electrons. The Balaban J connectivity index is 1.85. The lowest BCUT2D eigenvalue weighted by Gasteiger charge is -2.02. The average Bonchev–Trinajstić information content (AvgIpc) is 2.84. The SMILES string of the molecule is Cc1nc(CNC(=O)Cn2cc(N)cn2)oc1C. The highest BCUT2D eigenvalue weighted by Crippen LogP contribution is 2.07. The highest BCUT2D eigenvalue weighted by atomic mass is 16.4. The minimum atomic E-state index is -0.174. The number of hydrogen-bond acceptors (Lipinski definition) is 5. The molecule has 0 saturated heterocycles. The predicted molar refractivity (Wildman–Crippen MR) is 64.5 cm³/mol. The predicted octanol–water partition coefficient (Wildman–Crippen LogP) is 0.387. The standard InChI is InChI=1S/C11H15N5O2/c1-7-8(2)18-11(15-7)4-13-10(17)6-16-5-9(12)3-14-16/h3,5H,4,6,12H2,1-2H3,(H,13,17). The van der Waals surface area contributed by atoms with Crippen molar-refractivity contribution in [3.05, 3.63) is 29.7 Å². The third kappa shape index (κ3) is 2.88. The molecule has 18 heavy (non-hydrogen) atoms. The zero-order valence-electron chi connectivity index (χ0n) is 10.3. The van der Waals surface area contributed by atoms with Crippen LogP contribution < -0.4 is 11.1 Å². The fourth-order valence-corrected chi connectivity index (χ4v) is 1.46. The Morgan fingerprint density at radius 3 is 2.89 bits per heavy atom. The van der Waals surface area contributed by atoms with Gasteiger partial charge in [-0.05, 0) is 13.8 Å². The van der Waals surface area contributed by atoms with Crippen LogP contribution in [0, 0.1) is 13.8 Å². The summed E-state index contributed by atoms with van der Waals surface area (Å²) < 4.78 is 6.82. The van der Waals surface area contributed by atoms with Gasteiger partial charge in [-0.3, -0.25) is 9.48 Å². The van der Waals surface area contributed by atoms with Gasteiger partial charge in [-0.15, -0.1) is 0 Å². The molecule has 7 heteroatoms. The Labute approximate surface area is 104 Å². The van der Waals surface area contributed by atoms with Crippen molar-refractivity contribution in [3.8, 4) is 0 Å². The maximum Gasteiger partial charge on any atom is 0.242 e. The first-order chi connectivity index (χ1) is 8.54. The summed E-state index contributed by atoms with van der Waals surface area (Å²) in [6, 6.07) is 0. The summed E-state index contributed by atoms with van der Waals surface area (Å²) >= 11 is 0. The average molecular weight is 249 g/mol. The number of nitrogens with two attached hydrogens (primary N) is 1. The summed E-state index contributed by atoms with van der Waals surface area (Å²) in [5.41, 5.74) is 6.86. The van der Waals surface area contributed by atoms with Gasteiger partial charge in [0.15, 0.2) is 0 Å². The van der Waals surface area contributed by atoms with Gasteiger partial charge in [0.2, 0.25) is 11.8 Å². The number of nitrogens with zero attached hydrogens (tertiary/aromatic N) is 3. The fraction of sp³-hybridized carbons (Fsp3) is 0.364. The molecule has 2 aromatic rings. The van der Waals surface area contributed by atoms with E-state index >= 15 is 0 Å². The van der Waals surface area contributed by atoms with Crippen molar-refractivity contribution in [3.63, 3.8) is 0 Å². The number of aryl methyl sites for hydroxylation is 2. The van der Waals surface area contributed by atoms with E-state index in [1.54, 1.807) is 6.20 Å².